The van der Waals surface area contributed by atoms with Crippen molar-refractivity contribution in [1.82, 2.24) is 23.7 Å². The maximum absolute atomic E-state index is 5.38. The zero-order valence-electron chi connectivity index (χ0n) is 11.3. The molecule has 0 saturated heterocycles. The summed E-state index contributed by atoms with van der Waals surface area (Å²) in [4.78, 5) is 4.45. The first-order chi connectivity index (χ1) is 9.81. The first-order valence-corrected chi connectivity index (χ1v) is 7.04. The van der Waals surface area contributed by atoms with E-state index in [0.29, 0.717) is 6.61 Å². The van der Waals surface area contributed by atoms with Crippen molar-refractivity contribution in [2.75, 3.05) is 13.7 Å². The molecule has 0 aliphatic heterocycles. The zero-order valence-corrected chi connectivity index (χ0v) is 12.1. The molecular weight excluding hydrogens is 274 g/mol. The SMILES string of the molecule is COCC(c1ccnn1C)n1ccnc1-c1cnsc1. The summed E-state index contributed by atoms with van der Waals surface area (Å²) in [6.45, 7) is 0.556. The van der Waals surface area contributed by atoms with Gasteiger partial charge in [-0.1, -0.05) is 0 Å². The van der Waals surface area contributed by atoms with Crippen LogP contribution in [0.25, 0.3) is 11.4 Å². The minimum Gasteiger partial charge on any atom is -0.382 e. The van der Waals surface area contributed by atoms with Crippen LogP contribution in [-0.2, 0) is 11.8 Å². The van der Waals surface area contributed by atoms with Crippen molar-refractivity contribution in [3.63, 3.8) is 0 Å². The summed E-state index contributed by atoms with van der Waals surface area (Å²) in [5, 5.41) is 6.23. The predicted octanol–water partition coefficient (Wildman–Crippen LogP) is 1.98. The Morgan fingerprint density at radius 2 is 2.30 bits per heavy atom. The van der Waals surface area contributed by atoms with Gasteiger partial charge in [-0.05, 0) is 17.6 Å². The number of imidazole rings is 1. The highest BCUT2D eigenvalue weighted by Crippen LogP contribution is 2.26. The Morgan fingerprint density at radius 1 is 1.40 bits per heavy atom. The van der Waals surface area contributed by atoms with Crippen LogP contribution in [0.3, 0.4) is 0 Å². The van der Waals surface area contributed by atoms with Crippen molar-refractivity contribution >= 4 is 11.5 Å². The second-order valence-electron chi connectivity index (χ2n) is 4.42. The monoisotopic (exact) mass is 289 g/mol. The number of ether oxygens (including phenoxy) is 1. The molecule has 0 aromatic carbocycles. The average Bonchev–Trinajstić information content (AvgIpc) is 3.17. The molecule has 3 aromatic rings. The van der Waals surface area contributed by atoms with Crippen molar-refractivity contribution in [3.05, 3.63) is 41.9 Å². The lowest BCUT2D eigenvalue weighted by Gasteiger charge is -2.20. The van der Waals surface area contributed by atoms with E-state index in [-0.39, 0.29) is 6.04 Å². The summed E-state index contributed by atoms with van der Waals surface area (Å²) in [5.74, 6) is 0.891. The zero-order chi connectivity index (χ0) is 13.9. The molecule has 3 heterocycles. The van der Waals surface area contributed by atoms with Crippen molar-refractivity contribution in [1.29, 1.82) is 0 Å². The van der Waals surface area contributed by atoms with Crippen molar-refractivity contribution < 1.29 is 4.74 Å². The molecular formula is C13H15N5OS. The van der Waals surface area contributed by atoms with Gasteiger partial charge in [0.2, 0.25) is 0 Å². The van der Waals surface area contributed by atoms with Crippen molar-refractivity contribution in [2.24, 2.45) is 7.05 Å². The Hall–Kier alpha value is -1.99. The molecule has 0 spiro atoms. The van der Waals surface area contributed by atoms with E-state index in [0.717, 1.165) is 17.1 Å². The van der Waals surface area contributed by atoms with E-state index in [9.17, 15) is 0 Å². The van der Waals surface area contributed by atoms with E-state index in [1.165, 1.54) is 11.5 Å². The standard InChI is InChI=1S/C13H15N5OS/c1-17-11(3-4-15-17)12(8-19-2)18-6-5-14-13(18)10-7-16-20-9-10/h3-7,9,12H,8H2,1-2H3. The molecule has 1 atom stereocenters. The van der Waals surface area contributed by atoms with Gasteiger partial charge in [-0.2, -0.15) is 5.10 Å². The van der Waals surface area contributed by atoms with Gasteiger partial charge in [-0.3, -0.25) is 4.68 Å². The second kappa shape index (κ2) is 5.56. The van der Waals surface area contributed by atoms with Gasteiger partial charge in [0.05, 0.1) is 18.5 Å². The molecule has 0 radical (unpaired) electrons. The fourth-order valence-electron chi connectivity index (χ4n) is 2.28. The fraction of sp³-hybridized carbons (Fsp3) is 0.308. The van der Waals surface area contributed by atoms with Gasteiger partial charge >= 0.3 is 0 Å². The van der Waals surface area contributed by atoms with Crippen LogP contribution in [0, 0.1) is 0 Å². The highest BCUT2D eigenvalue weighted by atomic mass is 32.1. The first kappa shape index (κ1) is 13.0. The fourth-order valence-corrected chi connectivity index (χ4v) is 2.80. The summed E-state index contributed by atoms with van der Waals surface area (Å²) in [7, 11) is 3.63. The maximum Gasteiger partial charge on any atom is 0.143 e. The highest BCUT2D eigenvalue weighted by Gasteiger charge is 2.20. The molecule has 1 unspecified atom stereocenters. The van der Waals surface area contributed by atoms with E-state index in [4.69, 9.17) is 4.74 Å². The predicted molar refractivity (Wildman–Crippen MR) is 76.6 cm³/mol. The van der Waals surface area contributed by atoms with Crippen LogP contribution in [0.1, 0.15) is 11.7 Å². The number of nitrogens with zero attached hydrogens (tertiary/aromatic N) is 5. The summed E-state index contributed by atoms with van der Waals surface area (Å²) in [5.41, 5.74) is 2.09. The van der Waals surface area contributed by atoms with Crippen LogP contribution in [0.15, 0.2) is 36.2 Å². The molecule has 0 amide bonds. The topological polar surface area (TPSA) is 57.8 Å². The number of hydrogen-bond donors (Lipinski definition) is 0. The molecule has 0 bridgehead atoms. The first-order valence-electron chi connectivity index (χ1n) is 6.20. The Kier molecular flexibility index (Phi) is 3.62. The van der Waals surface area contributed by atoms with Gasteiger partial charge < -0.3 is 9.30 Å². The second-order valence-corrected chi connectivity index (χ2v) is 5.08. The lowest BCUT2D eigenvalue weighted by Crippen LogP contribution is -2.19. The largest absolute Gasteiger partial charge is 0.382 e. The van der Waals surface area contributed by atoms with Crippen LogP contribution in [-0.4, -0.2) is 37.4 Å². The molecule has 3 rings (SSSR count). The van der Waals surface area contributed by atoms with E-state index in [1.54, 1.807) is 19.5 Å². The number of aromatic nitrogens is 5. The van der Waals surface area contributed by atoms with Gasteiger partial charge in [-0.25, -0.2) is 9.36 Å². The van der Waals surface area contributed by atoms with E-state index in [1.807, 2.05) is 35.6 Å². The molecule has 0 N–H and O–H groups in total. The van der Waals surface area contributed by atoms with E-state index in [2.05, 4.69) is 19.0 Å². The molecule has 104 valence electrons. The summed E-state index contributed by atoms with van der Waals surface area (Å²) in [6.07, 6.45) is 7.38. The Labute approximate surface area is 120 Å². The molecule has 0 aliphatic rings. The van der Waals surface area contributed by atoms with E-state index < -0.39 is 0 Å². The van der Waals surface area contributed by atoms with Crippen molar-refractivity contribution in [2.45, 2.75) is 6.04 Å². The lowest BCUT2D eigenvalue weighted by molar-refractivity contribution is 0.167. The molecule has 3 aromatic heterocycles. The minimum absolute atomic E-state index is 0.0323. The van der Waals surface area contributed by atoms with Crippen molar-refractivity contribution in [3.8, 4) is 11.4 Å². The molecule has 0 saturated carbocycles. The smallest absolute Gasteiger partial charge is 0.143 e. The van der Waals surface area contributed by atoms with Crippen LogP contribution in [0.4, 0.5) is 0 Å². The molecule has 20 heavy (non-hydrogen) atoms. The van der Waals surface area contributed by atoms with Gasteiger partial charge in [0, 0.05) is 43.7 Å². The van der Waals surface area contributed by atoms with Gasteiger partial charge in [0.25, 0.3) is 0 Å². The van der Waals surface area contributed by atoms with Crippen LogP contribution >= 0.6 is 11.5 Å². The molecule has 6 nitrogen and oxygen atoms in total. The van der Waals surface area contributed by atoms with Crippen LogP contribution in [0.2, 0.25) is 0 Å². The van der Waals surface area contributed by atoms with Gasteiger partial charge in [0.1, 0.15) is 11.9 Å². The third-order valence-electron chi connectivity index (χ3n) is 3.22. The summed E-state index contributed by atoms with van der Waals surface area (Å²) >= 11 is 1.42. The Morgan fingerprint density at radius 3 is 2.95 bits per heavy atom. The Balaban J connectivity index is 2.05. The number of methoxy groups -OCH3 is 1. The maximum atomic E-state index is 5.38. The van der Waals surface area contributed by atoms with Gasteiger partial charge in [0.15, 0.2) is 0 Å². The number of aryl methyl sites for hydroxylation is 1. The third kappa shape index (κ3) is 2.25. The normalized spacial score (nSPS) is 12.7. The number of rotatable bonds is 5. The highest BCUT2D eigenvalue weighted by molar-refractivity contribution is 7.03. The summed E-state index contributed by atoms with van der Waals surface area (Å²) in [6, 6.07) is 2.03. The van der Waals surface area contributed by atoms with Crippen LogP contribution < -0.4 is 0 Å². The van der Waals surface area contributed by atoms with Gasteiger partial charge in [-0.15, -0.1) is 0 Å². The average molecular weight is 289 g/mol. The lowest BCUT2D eigenvalue weighted by atomic mass is 10.2. The molecule has 0 fully saturated rings. The minimum atomic E-state index is 0.0323. The van der Waals surface area contributed by atoms with E-state index >= 15 is 0 Å². The number of hydrogen-bond acceptors (Lipinski definition) is 5. The molecule has 0 aliphatic carbocycles. The van der Waals surface area contributed by atoms with Crippen LogP contribution in [0.5, 0.6) is 0 Å². The Bertz CT molecular complexity index is 673. The quantitative estimate of drug-likeness (QED) is 0.720. The third-order valence-corrected chi connectivity index (χ3v) is 3.81. The molecule has 7 heteroatoms. The summed E-state index contributed by atoms with van der Waals surface area (Å²) < 4.78 is 13.5.